The largest absolute Gasteiger partial charge is 0.319 e. The van der Waals surface area contributed by atoms with Gasteiger partial charge in [-0.1, -0.05) is 42.4 Å². The number of fused-ring (bicyclic) bond motifs is 2. The summed E-state index contributed by atoms with van der Waals surface area (Å²) < 4.78 is 3.83. The summed E-state index contributed by atoms with van der Waals surface area (Å²) in [5.74, 6) is 1.30. The molecule has 4 rings (SSSR count). The fraction of sp³-hybridized carbons (Fsp3) is 0.250. The molecule has 27 heavy (non-hydrogen) atoms. The fourth-order valence-corrected chi connectivity index (χ4v) is 4.34. The molecule has 4 aromatic rings. The summed E-state index contributed by atoms with van der Waals surface area (Å²) in [5.41, 5.74) is 2.66. The number of halogens is 1. The molecule has 2 aromatic carbocycles. The quantitative estimate of drug-likeness (QED) is 0.459. The van der Waals surface area contributed by atoms with Crippen molar-refractivity contribution in [1.82, 2.24) is 19.1 Å². The summed E-state index contributed by atoms with van der Waals surface area (Å²) >= 11 is 7.71. The van der Waals surface area contributed by atoms with Crippen LogP contribution < -0.4 is 5.56 Å². The zero-order valence-electron chi connectivity index (χ0n) is 15.1. The second kappa shape index (κ2) is 7.37. The lowest BCUT2D eigenvalue weighted by molar-refractivity contribution is 0.638. The minimum Gasteiger partial charge on any atom is -0.319 e. The third-order valence-corrected chi connectivity index (χ3v) is 5.74. The molecule has 0 fully saturated rings. The second-order valence-electron chi connectivity index (χ2n) is 6.38. The van der Waals surface area contributed by atoms with Crippen LogP contribution in [0.3, 0.4) is 0 Å². The molecule has 5 nitrogen and oxygen atoms in total. The minimum absolute atomic E-state index is 0.0231. The van der Waals surface area contributed by atoms with Crippen molar-refractivity contribution in [1.29, 1.82) is 0 Å². The van der Waals surface area contributed by atoms with Gasteiger partial charge in [0.15, 0.2) is 5.16 Å². The average molecular weight is 399 g/mol. The van der Waals surface area contributed by atoms with E-state index in [1.54, 1.807) is 23.4 Å². The number of nitrogens with zero attached hydrogens (tertiary/aromatic N) is 4. The van der Waals surface area contributed by atoms with Crippen LogP contribution in [0.5, 0.6) is 0 Å². The van der Waals surface area contributed by atoms with Gasteiger partial charge >= 0.3 is 0 Å². The van der Waals surface area contributed by atoms with Crippen LogP contribution in [0.2, 0.25) is 5.02 Å². The molecule has 0 unspecified atom stereocenters. The highest BCUT2D eigenvalue weighted by Gasteiger charge is 2.14. The number of thioether (sulfide) groups is 1. The van der Waals surface area contributed by atoms with Crippen LogP contribution in [-0.4, -0.2) is 19.1 Å². The SMILES string of the molecule is CCCn1c(SCc2nc3ccccc3c(=O)n2C)nc2cc(Cl)ccc21. The molecule has 0 amide bonds. The van der Waals surface area contributed by atoms with E-state index >= 15 is 0 Å². The first kappa shape index (κ1) is 18.1. The molecule has 0 N–H and O–H groups in total. The molecule has 0 spiro atoms. The van der Waals surface area contributed by atoms with E-state index in [0.717, 1.165) is 40.5 Å². The number of aromatic nitrogens is 4. The Balaban J connectivity index is 1.71. The first-order valence-corrected chi connectivity index (χ1v) is 10.2. The lowest BCUT2D eigenvalue weighted by atomic mass is 10.2. The normalized spacial score (nSPS) is 11.5. The Morgan fingerprint density at radius 2 is 1.93 bits per heavy atom. The van der Waals surface area contributed by atoms with Crippen LogP contribution in [0, 0.1) is 0 Å². The van der Waals surface area contributed by atoms with Gasteiger partial charge in [0.05, 0.1) is 27.7 Å². The summed E-state index contributed by atoms with van der Waals surface area (Å²) in [6.45, 7) is 3.02. The maximum atomic E-state index is 12.6. The van der Waals surface area contributed by atoms with Crippen molar-refractivity contribution in [2.45, 2.75) is 30.8 Å². The highest BCUT2D eigenvalue weighted by molar-refractivity contribution is 7.98. The van der Waals surface area contributed by atoms with Gasteiger partial charge in [0.2, 0.25) is 0 Å². The summed E-state index contributed by atoms with van der Waals surface area (Å²) in [7, 11) is 1.77. The summed E-state index contributed by atoms with van der Waals surface area (Å²) in [6, 6.07) is 13.2. The molecule has 0 saturated carbocycles. The van der Waals surface area contributed by atoms with Crippen molar-refractivity contribution in [3.63, 3.8) is 0 Å². The van der Waals surface area contributed by atoms with Gasteiger partial charge < -0.3 is 4.57 Å². The van der Waals surface area contributed by atoms with Gasteiger partial charge in [0.1, 0.15) is 5.82 Å². The maximum absolute atomic E-state index is 12.6. The third-order valence-electron chi connectivity index (χ3n) is 4.53. The van der Waals surface area contributed by atoms with Crippen molar-refractivity contribution in [2.75, 3.05) is 0 Å². The minimum atomic E-state index is -0.0231. The fourth-order valence-electron chi connectivity index (χ4n) is 3.15. The average Bonchev–Trinajstić information content (AvgIpc) is 3.00. The smallest absolute Gasteiger partial charge is 0.261 e. The van der Waals surface area contributed by atoms with E-state index in [-0.39, 0.29) is 5.56 Å². The number of benzene rings is 2. The van der Waals surface area contributed by atoms with Crippen molar-refractivity contribution < 1.29 is 0 Å². The van der Waals surface area contributed by atoms with Crippen molar-refractivity contribution in [2.24, 2.45) is 7.05 Å². The molecule has 7 heteroatoms. The number of imidazole rings is 1. The van der Waals surface area contributed by atoms with Gasteiger partial charge in [0.25, 0.3) is 5.56 Å². The lowest BCUT2D eigenvalue weighted by Crippen LogP contribution is -2.22. The van der Waals surface area contributed by atoms with Crippen LogP contribution in [0.15, 0.2) is 52.4 Å². The molecule has 0 atom stereocenters. The summed E-state index contributed by atoms with van der Waals surface area (Å²) in [4.78, 5) is 22.0. The van der Waals surface area contributed by atoms with Gasteiger partial charge in [-0.25, -0.2) is 9.97 Å². The van der Waals surface area contributed by atoms with Crippen LogP contribution >= 0.6 is 23.4 Å². The number of rotatable bonds is 5. The number of hydrogen-bond acceptors (Lipinski definition) is 4. The molecular weight excluding hydrogens is 380 g/mol. The molecule has 0 saturated heterocycles. The Morgan fingerprint density at radius 3 is 2.74 bits per heavy atom. The van der Waals surface area contributed by atoms with Crippen LogP contribution in [0.25, 0.3) is 21.9 Å². The zero-order chi connectivity index (χ0) is 19.0. The highest BCUT2D eigenvalue weighted by atomic mass is 35.5. The molecule has 2 aromatic heterocycles. The zero-order valence-corrected chi connectivity index (χ0v) is 16.7. The van der Waals surface area contributed by atoms with E-state index in [9.17, 15) is 4.79 Å². The van der Waals surface area contributed by atoms with Crippen LogP contribution in [0.1, 0.15) is 19.2 Å². The van der Waals surface area contributed by atoms with E-state index < -0.39 is 0 Å². The molecule has 0 aliphatic heterocycles. The molecular formula is C20H19ClN4OS. The Morgan fingerprint density at radius 1 is 1.11 bits per heavy atom. The number of aryl methyl sites for hydroxylation is 1. The predicted molar refractivity (Wildman–Crippen MR) is 112 cm³/mol. The third kappa shape index (κ3) is 3.35. The topological polar surface area (TPSA) is 52.7 Å². The molecule has 0 aliphatic rings. The van der Waals surface area contributed by atoms with Crippen molar-refractivity contribution in [3.05, 3.63) is 63.7 Å². The van der Waals surface area contributed by atoms with Gasteiger partial charge in [-0.2, -0.15) is 0 Å². The Bertz CT molecular complexity index is 1200. The molecule has 2 heterocycles. The monoisotopic (exact) mass is 398 g/mol. The highest BCUT2D eigenvalue weighted by Crippen LogP contribution is 2.28. The van der Waals surface area contributed by atoms with E-state index in [1.807, 2.05) is 42.5 Å². The first-order chi connectivity index (χ1) is 13.1. The van der Waals surface area contributed by atoms with Crippen molar-refractivity contribution in [3.8, 4) is 0 Å². The first-order valence-electron chi connectivity index (χ1n) is 8.81. The van der Waals surface area contributed by atoms with Crippen molar-refractivity contribution >= 4 is 45.3 Å². The van der Waals surface area contributed by atoms with Crippen LogP contribution in [-0.2, 0) is 19.3 Å². The van der Waals surface area contributed by atoms with Gasteiger partial charge in [0, 0.05) is 18.6 Å². The van der Waals surface area contributed by atoms with Gasteiger partial charge in [-0.05, 0) is 36.8 Å². The Kier molecular flexibility index (Phi) is 4.93. The number of para-hydroxylation sites is 1. The summed E-state index contributed by atoms with van der Waals surface area (Å²) in [6.07, 6.45) is 1.01. The Labute approximate surface area is 166 Å². The summed E-state index contributed by atoms with van der Waals surface area (Å²) in [5, 5.41) is 2.23. The second-order valence-corrected chi connectivity index (χ2v) is 7.76. The van der Waals surface area contributed by atoms with E-state index in [4.69, 9.17) is 16.6 Å². The maximum Gasteiger partial charge on any atom is 0.261 e. The van der Waals surface area contributed by atoms with Crippen LogP contribution in [0.4, 0.5) is 0 Å². The molecule has 138 valence electrons. The number of hydrogen-bond donors (Lipinski definition) is 0. The Hall–Kier alpha value is -2.31. The van der Waals surface area contributed by atoms with Gasteiger partial charge in [-0.3, -0.25) is 9.36 Å². The standard InChI is InChI=1S/C20H19ClN4OS/c1-3-10-25-17-9-8-13(21)11-16(17)23-20(25)27-12-18-22-15-7-5-4-6-14(15)19(26)24(18)2/h4-9,11H,3,10,12H2,1-2H3. The molecule has 0 radical (unpaired) electrons. The van der Waals surface area contributed by atoms with E-state index in [0.29, 0.717) is 16.2 Å². The van der Waals surface area contributed by atoms with Gasteiger partial charge in [-0.15, -0.1) is 0 Å². The molecule has 0 bridgehead atoms. The predicted octanol–water partition coefficient (Wildman–Crippen LogP) is 4.64. The van der Waals surface area contributed by atoms with E-state index in [1.165, 1.54) is 0 Å². The van der Waals surface area contributed by atoms with E-state index in [2.05, 4.69) is 16.5 Å². The lowest BCUT2D eigenvalue weighted by Gasteiger charge is -2.10. The molecule has 0 aliphatic carbocycles.